The second-order valence-corrected chi connectivity index (χ2v) is 4.58. The summed E-state index contributed by atoms with van der Waals surface area (Å²) in [5.74, 6) is 0.280. The minimum absolute atomic E-state index is 0.283. The van der Waals surface area contributed by atoms with Gasteiger partial charge in [0.25, 0.3) is 0 Å². The molecule has 2 nitrogen and oxygen atoms in total. The van der Waals surface area contributed by atoms with Gasteiger partial charge in [0.2, 0.25) is 12.3 Å². The Kier molecular flexibility index (Phi) is 8.55. The number of benzene rings is 2. The molecule has 21 heavy (non-hydrogen) atoms. The molecule has 0 aliphatic rings. The van der Waals surface area contributed by atoms with E-state index >= 15 is 0 Å². The maximum absolute atomic E-state index is 12.7. The standard InChI is InChI=1S/C15H15FO2S.C2H6/c1-2-12-3-5-13(6-4-12)11-17-19-18-15-9-7-14(16)8-10-15;1-2/h3-10H,2,11H2,1H3;1-2H3. The van der Waals surface area contributed by atoms with E-state index in [1.54, 1.807) is 12.1 Å². The van der Waals surface area contributed by atoms with Crippen LogP contribution in [0.15, 0.2) is 48.5 Å². The van der Waals surface area contributed by atoms with Crippen LogP contribution in [0.2, 0.25) is 0 Å². The van der Waals surface area contributed by atoms with Gasteiger partial charge in [-0.05, 0) is 41.8 Å². The highest BCUT2D eigenvalue weighted by Crippen LogP contribution is 2.18. The highest BCUT2D eigenvalue weighted by molar-refractivity contribution is 7.90. The molecule has 0 amide bonds. The molecule has 0 aliphatic carbocycles. The third-order valence-electron chi connectivity index (χ3n) is 2.65. The van der Waals surface area contributed by atoms with E-state index in [-0.39, 0.29) is 5.82 Å². The maximum Gasteiger partial charge on any atom is 0.225 e. The highest BCUT2D eigenvalue weighted by Gasteiger charge is 1.98. The monoisotopic (exact) mass is 308 g/mol. The topological polar surface area (TPSA) is 18.5 Å². The van der Waals surface area contributed by atoms with E-state index in [4.69, 9.17) is 8.37 Å². The molecule has 0 spiro atoms. The normalized spacial score (nSPS) is 9.71. The fourth-order valence-corrected chi connectivity index (χ4v) is 1.94. The zero-order valence-electron chi connectivity index (χ0n) is 12.6. The Bertz CT molecular complexity index is 497. The lowest BCUT2D eigenvalue weighted by atomic mass is 10.1. The fourth-order valence-electron chi connectivity index (χ4n) is 1.52. The average molecular weight is 308 g/mol. The SMILES string of the molecule is CC.CCc1ccc(COSOc2ccc(F)cc2)cc1. The van der Waals surface area contributed by atoms with Crippen molar-refractivity contribution in [3.05, 3.63) is 65.5 Å². The summed E-state index contributed by atoms with van der Waals surface area (Å²) in [6, 6.07) is 14.1. The lowest BCUT2D eigenvalue weighted by Gasteiger charge is -2.04. The van der Waals surface area contributed by atoms with Crippen LogP contribution in [0.3, 0.4) is 0 Å². The van der Waals surface area contributed by atoms with Gasteiger partial charge >= 0.3 is 0 Å². The summed E-state index contributed by atoms with van der Waals surface area (Å²) in [6.07, 6.45) is 1.03. The molecular formula is C17H21FO2S. The van der Waals surface area contributed by atoms with Crippen LogP contribution >= 0.6 is 12.3 Å². The van der Waals surface area contributed by atoms with Gasteiger partial charge in [-0.15, -0.1) is 0 Å². The first-order valence-electron chi connectivity index (χ1n) is 7.07. The highest BCUT2D eigenvalue weighted by atomic mass is 32.2. The van der Waals surface area contributed by atoms with Crippen molar-refractivity contribution in [2.45, 2.75) is 33.8 Å². The van der Waals surface area contributed by atoms with Crippen molar-refractivity contribution in [1.29, 1.82) is 0 Å². The molecule has 4 heteroatoms. The molecule has 0 heterocycles. The summed E-state index contributed by atoms with van der Waals surface area (Å²) < 4.78 is 23.2. The zero-order chi connectivity index (χ0) is 15.5. The summed E-state index contributed by atoms with van der Waals surface area (Å²) in [5.41, 5.74) is 2.39. The predicted octanol–water partition coefficient (Wildman–Crippen LogP) is 5.57. The van der Waals surface area contributed by atoms with Gasteiger partial charge in [0, 0.05) is 0 Å². The molecule has 114 valence electrons. The van der Waals surface area contributed by atoms with Gasteiger partial charge < -0.3 is 4.18 Å². The average Bonchev–Trinajstić information content (AvgIpc) is 2.56. The Hall–Kier alpha value is -1.52. The lowest BCUT2D eigenvalue weighted by molar-refractivity contribution is 0.336. The Labute approximate surface area is 130 Å². The summed E-state index contributed by atoms with van der Waals surface area (Å²) in [4.78, 5) is 0. The molecule has 0 radical (unpaired) electrons. The van der Waals surface area contributed by atoms with E-state index in [1.165, 1.54) is 17.7 Å². The zero-order valence-corrected chi connectivity index (χ0v) is 13.5. The lowest BCUT2D eigenvalue weighted by Crippen LogP contribution is -1.90. The van der Waals surface area contributed by atoms with Gasteiger partial charge in [-0.3, -0.25) is 4.18 Å². The first-order chi connectivity index (χ1) is 10.3. The third-order valence-corrected chi connectivity index (χ3v) is 3.12. The summed E-state index contributed by atoms with van der Waals surface area (Å²) in [6.45, 7) is 6.59. The van der Waals surface area contributed by atoms with Crippen LogP contribution in [0.4, 0.5) is 4.39 Å². The van der Waals surface area contributed by atoms with Crippen LogP contribution in [-0.4, -0.2) is 0 Å². The van der Waals surface area contributed by atoms with Crippen LogP contribution in [0, 0.1) is 5.82 Å². The number of hydrogen-bond donors (Lipinski definition) is 0. The van der Waals surface area contributed by atoms with Crippen molar-refractivity contribution in [3.8, 4) is 5.75 Å². The third kappa shape index (κ3) is 6.65. The molecule has 0 atom stereocenters. The van der Waals surface area contributed by atoms with Gasteiger partial charge in [0.1, 0.15) is 11.6 Å². The molecule has 2 aromatic rings. The molecule has 0 N–H and O–H groups in total. The van der Waals surface area contributed by atoms with Crippen molar-refractivity contribution < 1.29 is 12.8 Å². The van der Waals surface area contributed by atoms with E-state index in [0.29, 0.717) is 12.4 Å². The van der Waals surface area contributed by atoms with Crippen LogP contribution < -0.4 is 4.18 Å². The van der Waals surface area contributed by atoms with Gasteiger partial charge in [0.15, 0.2) is 0 Å². The quantitative estimate of drug-likeness (QED) is 0.513. The second kappa shape index (κ2) is 10.2. The summed E-state index contributed by atoms with van der Waals surface area (Å²) >= 11 is 0.895. The van der Waals surface area contributed by atoms with Gasteiger partial charge in [-0.2, -0.15) is 0 Å². The predicted molar refractivity (Wildman–Crippen MR) is 86.6 cm³/mol. The van der Waals surface area contributed by atoms with Crippen molar-refractivity contribution in [3.63, 3.8) is 0 Å². The molecule has 0 bridgehead atoms. The molecule has 2 aromatic carbocycles. The molecular weight excluding hydrogens is 287 g/mol. The Morgan fingerprint density at radius 2 is 1.48 bits per heavy atom. The van der Waals surface area contributed by atoms with E-state index in [0.717, 1.165) is 24.3 Å². The van der Waals surface area contributed by atoms with Crippen molar-refractivity contribution >= 4 is 12.3 Å². The molecule has 0 saturated heterocycles. The molecule has 0 aliphatic heterocycles. The smallest absolute Gasteiger partial charge is 0.225 e. The minimum Gasteiger partial charge on any atom is -0.400 e. The van der Waals surface area contributed by atoms with Crippen LogP contribution in [-0.2, 0) is 17.2 Å². The maximum atomic E-state index is 12.7. The first kappa shape index (κ1) is 17.5. The van der Waals surface area contributed by atoms with Crippen molar-refractivity contribution in [2.24, 2.45) is 0 Å². The van der Waals surface area contributed by atoms with Crippen molar-refractivity contribution in [1.82, 2.24) is 0 Å². The summed E-state index contributed by atoms with van der Waals surface area (Å²) in [5, 5.41) is 0. The first-order valence-corrected chi connectivity index (χ1v) is 7.74. The Morgan fingerprint density at radius 3 is 2.05 bits per heavy atom. The van der Waals surface area contributed by atoms with E-state index in [9.17, 15) is 4.39 Å². The van der Waals surface area contributed by atoms with Crippen LogP contribution in [0.5, 0.6) is 5.75 Å². The number of aryl methyl sites for hydroxylation is 1. The van der Waals surface area contributed by atoms with Crippen LogP contribution in [0.1, 0.15) is 31.9 Å². The van der Waals surface area contributed by atoms with Gasteiger partial charge in [-0.25, -0.2) is 4.39 Å². The summed E-state index contributed by atoms with van der Waals surface area (Å²) in [7, 11) is 0. The molecule has 0 aromatic heterocycles. The number of halogens is 1. The van der Waals surface area contributed by atoms with Crippen molar-refractivity contribution in [2.75, 3.05) is 0 Å². The van der Waals surface area contributed by atoms with E-state index in [2.05, 4.69) is 19.1 Å². The molecule has 0 fully saturated rings. The second-order valence-electron chi connectivity index (χ2n) is 4.04. The number of hydrogen-bond acceptors (Lipinski definition) is 3. The Balaban J connectivity index is 0.00000106. The fraction of sp³-hybridized carbons (Fsp3) is 0.294. The van der Waals surface area contributed by atoms with Crippen LogP contribution in [0.25, 0.3) is 0 Å². The molecule has 0 unspecified atom stereocenters. The Morgan fingerprint density at radius 1 is 0.905 bits per heavy atom. The number of rotatable bonds is 6. The molecule has 2 rings (SSSR count). The van der Waals surface area contributed by atoms with Gasteiger partial charge in [-0.1, -0.05) is 45.0 Å². The minimum atomic E-state index is -0.283. The van der Waals surface area contributed by atoms with E-state index in [1.807, 2.05) is 26.0 Å². The van der Waals surface area contributed by atoms with E-state index < -0.39 is 0 Å². The molecule has 0 saturated carbocycles. The largest absolute Gasteiger partial charge is 0.400 e. The van der Waals surface area contributed by atoms with Gasteiger partial charge in [0.05, 0.1) is 6.61 Å².